The molecule has 0 radical (unpaired) electrons. The Balaban J connectivity index is 2.36. The first-order chi connectivity index (χ1) is 7.05. The van der Waals surface area contributed by atoms with Gasteiger partial charge in [0.25, 0.3) is 0 Å². The third-order valence-corrected chi connectivity index (χ3v) is 2.90. The summed E-state index contributed by atoms with van der Waals surface area (Å²) in [5.41, 5.74) is 6.27. The monoisotopic (exact) mass is 211 g/mol. The Bertz CT molecular complexity index is 375. The van der Waals surface area contributed by atoms with Gasteiger partial charge in [0.2, 0.25) is 0 Å². The minimum atomic E-state index is -0.571. The van der Waals surface area contributed by atoms with Gasteiger partial charge in [-0.15, -0.1) is 0 Å². The normalized spacial score (nSPS) is 29.7. The highest BCUT2D eigenvalue weighted by Crippen LogP contribution is 2.42. The van der Waals surface area contributed by atoms with Crippen molar-refractivity contribution in [3.8, 4) is 5.75 Å². The summed E-state index contributed by atoms with van der Waals surface area (Å²) >= 11 is 0. The molecule has 0 unspecified atom stereocenters. The number of aliphatic hydroxyl groups excluding tert-OH is 1. The highest BCUT2D eigenvalue weighted by Gasteiger charge is 2.43. The van der Waals surface area contributed by atoms with Crippen molar-refractivity contribution < 1.29 is 14.2 Å². The highest BCUT2D eigenvalue weighted by molar-refractivity contribution is 5.41. The number of hydrogen-bond acceptors (Lipinski definition) is 3. The van der Waals surface area contributed by atoms with Crippen LogP contribution >= 0.6 is 0 Å². The molecular weight excluding hydrogens is 197 g/mol. The van der Waals surface area contributed by atoms with Crippen molar-refractivity contribution in [2.75, 3.05) is 7.11 Å². The largest absolute Gasteiger partial charge is 0.496 e. The van der Waals surface area contributed by atoms with Gasteiger partial charge < -0.3 is 15.6 Å². The Hall–Kier alpha value is -1.13. The smallest absolute Gasteiger partial charge is 0.126 e. The van der Waals surface area contributed by atoms with Gasteiger partial charge in [-0.3, -0.25) is 0 Å². The van der Waals surface area contributed by atoms with Gasteiger partial charge in [0.1, 0.15) is 11.6 Å². The fourth-order valence-electron chi connectivity index (χ4n) is 2.08. The number of nitrogens with two attached hydrogens (primary N) is 1. The molecule has 2 rings (SSSR count). The molecule has 0 amide bonds. The molecule has 3 N–H and O–H groups in total. The van der Waals surface area contributed by atoms with Crippen molar-refractivity contribution in [1.29, 1.82) is 0 Å². The van der Waals surface area contributed by atoms with E-state index in [1.54, 1.807) is 6.07 Å². The molecule has 82 valence electrons. The SMILES string of the molecule is COc1cc(F)ccc1C1(N)CC(O)C1. The summed E-state index contributed by atoms with van der Waals surface area (Å²) in [5, 5.41) is 9.27. The first-order valence-electron chi connectivity index (χ1n) is 4.86. The molecule has 0 aromatic heterocycles. The number of methoxy groups -OCH3 is 1. The lowest BCUT2D eigenvalue weighted by atomic mass is 9.70. The van der Waals surface area contributed by atoms with Crippen molar-refractivity contribution in [2.45, 2.75) is 24.5 Å². The zero-order chi connectivity index (χ0) is 11.1. The molecule has 0 saturated heterocycles. The predicted molar refractivity (Wildman–Crippen MR) is 54.1 cm³/mol. The summed E-state index contributed by atoms with van der Waals surface area (Å²) in [4.78, 5) is 0. The second kappa shape index (κ2) is 3.47. The summed E-state index contributed by atoms with van der Waals surface area (Å²) < 4.78 is 18.0. The van der Waals surface area contributed by atoms with Gasteiger partial charge in [0.05, 0.1) is 13.2 Å². The lowest BCUT2D eigenvalue weighted by molar-refractivity contribution is 0.0198. The van der Waals surface area contributed by atoms with Gasteiger partial charge in [-0.1, -0.05) is 6.07 Å². The Labute approximate surface area is 87.7 Å². The summed E-state index contributed by atoms with van der Waals surface area (Å²) in [5.74, 6) is 0.100. The van der Waals surface area contributed by atoms with Crippen molar-refractivity contribution in [1.82, 2.24) is 0 Å². The van der Waals surface area contributed by atoms with E-state index >= 15 is 0 Å². The predicted octanol–water partition coefficient (Wildman–Crippen LogP) is 1.14. The molecule has 0 atom stereocenters. The van der Waals surface area contributed by atoms with Gasteiger partial charge in [-0.2, -0.15) is 0 Å². The Kier molecular flexibility index (Phi) is 2.40. The average Bonchev–Trinajstić information content (AvgIpc) is 2.15. The minimum absolute atomic E-state index is 0.348. The molecule has 0 bridgehead atoms. The van der Waals surface area contributed by atoms with E-state index in [2.05, 4.69) is 0 Å². The van der Waals surface area contributed by atoms with E-state index < -0.39 is 5.54 Å². The van der Waals surface area contributed by atoms with E-state index in [9.17, 15) is 9.50 Å². The van der Waals surface area contributed by atoms with Crippen molar-refractivity contribution >= 4 is 0 Å². The molecule has 3 nitrogen and oxygen atoms in total. The standard InChI is InChI=1S/C11H14FNO2/c1-15-10-4-7(12)2-3-9(10)11(13)5-8(14)6-11/h2-4,8,14H,5-6,13H2,1H3. The van der Waals surface area contributed by atoms with Gasteiger partial charge in [-0.25, -0.2) is 4.39 Å². The van der Waals surface area contributed by atoms with Crippen LogP contribution in [0, 0.1) is 5.82 Å². The van der Waals surface area contributed by atoms with E-state index in [1.807, 2.05) is 0 Å². The summed E-state index contributed by atoms with van der Waals surface area (Å²) in [7, 11) is 1.48. The zero-order valence-corrected chi connectivity index (χ0v) is 8.53. The third-order valence-electron chi connectivity index (χ3n) is 2.90. The lowest BCUT2D eigenvalue weighted by Gasteiger charge is -2.43. The lowest BCUT2D eigenvalue weighted by Crippen LogP contribution is -2.51. The maximum absolute atomic E-state index is 13.0. The molecule has 4 heteroatoms. The third kappa shape index (κ3) is 1.70. The molecule has 0 heterocycles. The van der Waals surface area contributed by atoms with Crippen LogP contribution in [0.25, 0.3) is 0 Å². The zero-order valence-electron chi connectivity index (χ0n) is 8.53. The number of benzene rings is 1. The molecular formula is C11H14FNO2. The molecule has 1 aromatic rings. The van der Waals surface area contributed by atoms with E-state index in [4.69, 9.17) is 10.5 Å². The van der Waals surface area contributed by atoms with Gasteiger partial charge in [0.15, 0.2) is 0 Å². The van der Waals surface area contributed by atoms with Crippen LogP contribution in [-0.2, 0) is 5.54 Å². The van der Waals surface area contributed by atoms with Crippen molar-refractivity contribution in [3.05, 3.63) is 29.6 Å². The minimum Gasteiger partial charge on any atom is -0.496 e. The molecule has 15 heavy (non-hydrogen) atoms. The number of rotatable bonds is 2. The maximum Gasteiger partial charge on any atom is 0.126 e. The molecule has 1 aliphatic carbocycles. The second-order valence-corrected chi connectivity index (χ2v) is 4.06. The highest BCUT2D eigenvalue weighted by atomic mass is 19.1. The fraction of sp³-hybridized carbons (Fsp3) is 0.455. The average molecular weight is 211 g/mol. The van der Waals surface area contributed by atoms with E-state index in [1.165, 1.54) is 19.2 Å². The molecule has 0 aliphatic heterocycles. The number of halogens is 1. The second-order valence-electron chi connectivity index (χ2n) is 4.06. The first kappa shape index (κ1) is 10.4. The maximum atomic E-state index is 13.0. The molecule has 0 spiro atoms. The van der Waals surface area contributed by atoms with Crippen LogP contribution in [0.2, 0.25) is 0 Å². The molecule has 1 aliphatic rings. The van der Waals surface area contributed by atoms with Gasteiger partial charge >= 0.3 is 0 Å². The van der Waals surface area contributed by atoms with Crippen LogP contribution in [0.1, 0.15) is 18.4 Å². The van der Waals surface area contributed by atoms with Crippen LogP contribution in [0.3, 0.4) is 0 Å². The number of aliphatic hydroxyl groups is 1. The van der Waals surface area contributed by atoms with E-state index in [-0.39, 0.29) is 11.9 Å². The van der Waals surface area contributed by atoms with Crippen LogP contribution in [0.15, 0.2) is 18.2 Å². The first-order valence-corrected chi connectivity index (χ1v) is 4.86. The quantitative estimate of drug-likeness (QED) is 0.771. The van der Waals surface area contributed by atoms with Crippen LogP contribution in [-0.4, -0.2) is 18.3 Å². The summed E-state index contributed by atoms with van der Waals surface area (Å²) in [6, 6.07) is 4.30. The van der Waals surface area contributed by atoms with Gasteiger partial charge in [0, 0.05) is 17.2 Å². The molecule has 1 saturated carbocycles. The van der Waals surface area contributed by atoms with Crippen LogP contribution < -0.4 is 10.5 Å². The number of hydrogen-bond donors (Lipinski definition) is 2. The Morgan fingerprint density at radius 3 is 2.73 bits per heavy atom. The Morgan fingerprint density at radius 2 is 2.20 bits per heavy atom. The summed E-state index contributed by atoms with van der Waals surface area (Å²) in [6.07, 6.45) is 0.633. The van der Waals surface area contributed by atoms with Crippen LogP contribution in [0.4, 0.5) is 4.39 Å². The van der Waals surface area contributed by atoms with Crippen LogP contribution in [0.5, 0.6) is 5.75 Å². The summed E-state index contributed by atoms with van der Waals surface area (Å²) in [6.45, 7) is 0. The number of ether oxygens (including phenoxy) is 1. The van der Waals surface area contributed by atoms with Gasteiger partial charge in [-0.05, 0) is 18.9 Å². The van der Waals surface area contributed by atoms with E-state index in [0.717, 1.165) is 5.56 Å². The topological polar surface area (TPSA) is 55.5 Å². The fourth-order valence-corrected chi connectivity index (χ4v) is 2.08. The van der Waals surface area contributed by atoms with Crippen molar-refractivity contribution in [3.63, 3.8) is 0 Å². The molecule has 1 fully saturated rings. The molecule has 1 aromatic carbocycles. The van der Waals surface area contributed by atoms with Crippen molar-refractivity contribution in [2.24, 2.45) is 5.73 Å². The van der Waals surface area contributed by atoms with E-state index in [0.29, 0.717) is 18.6 Å². The Morgan fingerprint density at radius 1 is 1.53 bits per heavy atom.